The summed E-state index contributed by atoms with van der Waals surface area (Å²) < 4.78 is 2.25. The van der Waals surface area contributed by atoms with E-state index in [0.29, 0.717) is 5.69 Å². The third-order valence-corrected chi connectivity index (χ3v) is 26.0. The Kier molecular flexibility index (Phi) is 36.0. The van der Waals surface area contributed by atoms with Crippen molar-refractivity contribution in [3.63, 3.8) is 0 Å². The Morgan fingerprint density at radius 2 is 0.598 bits per heavy atom. The number of allylic oxidation sites excluding steroid dienone is 2. The molecule has 2 aliphatic heterocycles. The molecule has 0 radical (unpaired) electrons. The number of halogens is 6. The summed E-state index contributed by atoms with van der Waals surface area (Å²) in [5, 5.41) is 7.51. The molecule has 16 rings (SSSR count). The van der Waals surface area contributed by atoms with Crippen molar-refractivity contribution in [2.24, 2.45) is 0 Å². The number of nitrogens with zero attached hydrogens (tertiary/aromatic N) is 5. The Hall–Kier alpha value is -9.19. The fourth-order valence-electron chi connectivity index (χ4n) is 15.5. The number of alkyl halides is 2. The molecule has 12 aromatic carbocycles. The third-order valence-electron chi connectivity index (χ3n) is 19.8. The number of nitrogen functional groups attached to an aromatic ring is 2. The van der Waals surface area contributed by atoms with E-state index in [0.717, 1.165) is 73.6 Å². The molecule has 0 spiro atoms. The van der Waals surface area contributed by atoms with Crippen LogP contribution in [0.4, 0.5) is 39.8 Å². The standard InChI is InChI=1S/2C21H27N2.2C15H10.C13H11N.C12H12N2.C2H3N.CH2Cl2.CH4.4ClH.2Ru/c2*1-14-9-16(3)20(17(4)10-14)22-7-8-23(13-22)21-18(5)11-15(2)12-19(21)6;2*1-2-6-12(7-3-1)15-11-10-13-8-4-5-9-14(13)15;1-10-6-2-3-7-11(10)12-8-4-5-9-13(12)14;13-11-7-3-1-5-9(11)10-6-2-4-8-12(10)14;1-2-3;2-1-3;;;;;;;/h2*9-13H,7-8H2,1-6H3;2*1-9,11H;2-9,14H,1H2;1-8H,13-14H2;1H3;1H2;1H4;4*1H;;/q2*-1;;;-2;;;;;;;;;2*+2/p-4. The zero-order valence-electron chi connectivity index (χ0n) is 68.2. The first-order valence-electron chi connectivity index (χ1n) is 38.1. The van der Waals surface area contributed by atoms with Gasteiger partial charge < -0.3 is 36.8 Å². The van der Waals surface area contributed by atoms with Crippen molar-refractivity contribution in [1.82, 2.24) is 0 Å². The Morgan fingerprint density at radius 1 is 0.368 bits per heavy atom. The van der Waals surface area contributed by atoms with Gasteiger partial charge in [0, 0.05) is 78.4 Å². The van der Waals surface area contributed by atoms with Gasteiger partial charge in [-0.2, -0.15) is 37.2 Å². The molecule has 0 atom stereocenters. The van der Waals surface area contributed by atoms with Crippen LogP contribution in [-0.4, -0.2) is 39.7 Å². The molecule has 0 bridgehead atoms. The number of nitrogens with one attached hydrogen (secondary N) is 1. The van der Waals surface area contributed by atoms with Crippen molar-refractivity contribution in [1.29, 1.82) is 5.26 Å². The summed E-state index contributed by atoms with van der Waals surface area (Å²) in [6, 6.07) is 88.2. The number of fused-ring (bicyclic) bond motifs is 2. The van der Waals surface area contributed by atoms with E-state index in [9.17, 15) is 0 Å². The second-order valence-corrected chi connectivity index (χ2v) is 41.1. The molecular weight excluding hydrogens is 1740 g/mol. The first-order chi connectivity index (χ1) is 55.7. The van der Waals surface area contributed by atoms with E-state index in [2.05, 4.69) is 244 Å². The molecule has 8 nitrogen and oxygen atoms in total. The molecule has 2 saturated heterocycles. The molecule has 12 aromatic rings. The molecule has 0 amide bonds. The van der Waals surface area contributed by atoms with Crippen molar-refractivity contribution in [3.8, 4) is 28.3 Å². The summed E-state index contributed by atoms with van der Waals surface area (Å²) in [6.45, 7) is 40.5. The first kappa shape index (κ1) is 93.3. The van der Waals surface area contributed by atoms with Gasteiger partial charge in [-0.15, -0.1) is 46.6 Å². The maximum atomic E-state index is 7.78. The summed E-state index contributed by atoms with van der Waals surface area (Å²) in [6.07, 6.45) is 4.30. The quantitative estimate of drug-likeness (QED) is 0.0674. The molecule has 5 N–H and O–H groups in total. The Balaban J connectivity index is 0.000000174. The Labute approximate surface area is 733 Å². The van der Waals surface area contributed by atoms with Gasteiger partial charge in [0.2, 0.25) is 0 Å². The summed E-state index contributed by atoms with van der Waals surface area (Å²) in [5.41, 5.74) is 57.9. The third kappa shape index (κ3) is 24.5. The second-order valence-electron chi connectivity index (χ2n) is 28.7. The number of aryl methyl sites for hydroxylation is 12. The van der Waals surface area contributed by atoms with Gasteiger partial charge in [-0.3, -0.25) is 0 Å². The zero-order chi connectivity index (χ0) is 83.9. The van der Waals surface area contributed by atoms with Crippen molar-refractivity contribution in [2.75, 3.05) is 62.6 Å². The molecule has 2 heterocycles. The van der Waals surface area contributed by atoms with Crippen LogP contribution >= 0.6 is 62.0 Å². The van der Waals surface area contributed by atoms with Crippen LogP contribution in [0.25, 0.3) is 39.1 Å². The molecule has 16 heteroatoms. The molecule has 0 unspecified atom stereocenters. The molecule has 2 aliphatic carbocycles. The number of hydrogen-bond acceptors (Lipinski definition) is 7. The van der Waals surface area contributed by atoms with Gasteiger partial charge in [-0.25, -0.2) is 0 Å². The minimum absolute atomic E-state index is 0. The van der Waals surface area contributed by atoms with Crippen molar-refractivity contribution in [3.05, 3.63) is 399 Å². The predicted molar refractivity (Wildman–Crippen MR) is 508 cm³/mol. The molecule has 612 valence electrons. The van der Waals surface area contributed by atoms with Gasteiger partial charge in [0.05, 0.1) is 11.4 Å². The monoisotopic (exact) mass is 1840 g/mol. The van der Waals surface area contributed by atoms with E-state index in [-0.39, 0.29) is 12.8 Å². The topological polar surface area (TPSA) is 113 Å². The van der Waals surface area contributed by atoms with Gasteiger partial charge in [0.25, 0.3) is 0 Å². The average Bonchev–Trinajstić information content (AvgIpc) is 1.65. The van der Waals surface area contributed by atoms with E-state index < -0.39 is 27.0 Å². The Morgan fingerprint density at radius 3 is 0.863 bits per heavy atom. The van der Waals surface area contributed by atoms with E-state index in [1.807, 2.05) is 140 Å². The van der Waals surface area contributed by atoms with Crippen molar-refractivity contribution < 1.29 is 27.0 Å². The molecule has 4 aliphatic rings. The number of benzene rings is 12. The second kappa shape index (κ2) is 45.1. The van der Waals surface area contributed by atoms with Crippen LogP contribution in [0.3, 0.4) is 0 Å². The van der Waals surface area contributed by atoms with Crippen LogP contribution in [0.2, 0.25) is 0 Å². The maximum absolute atomic E-state index is 7.78. The summed E-state index contributed by atoms with van der Waals surface area (Å²) in [7, 11) is 24.8. The molecule has 117 heavy (non-hydrogen) atoms. The fraction of sp³-hybridized carbons (Fsp3) is 0.188. The van der Waals surface area contributed by atoms with Gasteiger partial charge in [0.15, 0.2) is 0 Å². The van der Waals surface area contributed by atoms with Gasteiger partial charge >= 0.3 is 240 Å². The molecule has 0 aromatic heterocycles. The molecular formula is C101H106Cl6N8Ru2-4. The minimum atomic E-state index is -1.88. The summed E-state index contributed by atoms with van der Waals surface area (Å²) >= 11 is 5.77. The van der Waals surface area contributed by atoms with Crippen molar-refractivity contribution in [2.45, 2.75) is 97.4 Å². The normalized spacial score (nSPS) is 12.8. The summed E-state index contributed by atoms with van der Waals surface area (Å²) in [4.78, 5) is 9.62. The van der Waals surface area contributed by atoms with Crippen molar-refractivity contribution >= 4 is 121 Å². The molecule has 2 fully saturated rings. The van der Waals surface area contributed by atoms with Gasteiger partial charge in [0.1, 0.15) is 0 Å². The fourth-order valence-corrected chi connectivity index (χ4v) is 20.5. The van der Waals surface area contributed by atoms with E-state index in [1.165, 1.54) is 141 Å². The van der Waals surface area contributed by atoms with Crippen LogP contribution in [0, 0.1) is 115 Å². The predicted octanol–water partition coefficient (Wildman–Crippen LogP) is 28.4. The van der Waals surface area contributed by atoms with E-state index in [1.54, 1.807) is 12.1 Å². The molecule has 0 saturated carbocycles. The van der Waals surface area contributed by atoms with Crippen LogP contribution < -0.4 is 31.1 Å². The number of anilines is 6. The average molecular weight is 1850 g/mol. The Bertz CT molecular complexity index is 4930. The number of hydrogen-bond donors (Lipinski definition) is 2. The zero-order valence-corrected chi connectivity index (χ0v) is 76.2. The van der Waals surface area contributed by atoms with Crippen LogP contribution in [0.5, 0.6) is 0 Å². The van der Waals surface area contributed by atoms with E-state index >= 15 is 0 Å². The summed E-state index contributed by atoms with van der Waals surface area (Å²) in [5.74, 6) is 0. The van der Waals surface area contributed by atoms with Crippen LogP contribution in [0.15, 0.2) is 267 Å². The number of nitriles is 1. The number of nitrogens with two attached hydrogens (primary N) is 2. The SMILES string of the molecule is C.CC#N.Cc1cc(C)c(N2[CH-]N(c3c(C)cc(C)cc3C)CC2)c(C)c1.Cc1cc(C)c(N2[CH-]N(c3c(C)cc(C)cc3C)CC2)c(C)c1.ClCCl.Nc1ccccc1-c1ccccc1N.[CH2-]c1ccccc1-c1ccccc1[NH-].[Cl][Ru]([Cl])=[C]1C=C(c2ccccc2)c2ccccc21.[Cl][Ru]([Cl])=[C]1C=C(c2ccccc2)c2ccccc21. The number of rotatable bonds is 8. The first-order valence-corrected chi connectivity index (χ1v) is 49.8. The van der Waals surface area contributed by atoms with E-state index in [4.69, 9.17) is 84.4 Å². The van der Waals surface area contributed by atoms with Crippen LogP contribution in [0.1, 0.15) is 120 Å². The van der Waals surface area contributed by atoms with Gasteiger partial charge in [-0.05, 0) is 140 Å². The van der Waals surface area contributed by atoms with Crippen LogP contribution in [-0.2, 0) is 27.0 Å². The van der Waals surface area contributed by atoms with Gasteiger partial charge in [-0.1, -0.05) is 151 Å². The number of para-hydroxylation sites is 2.